The molecule has 7 atom stereocenters. The van der Waals surface area contributed by atoms with Gasteiger partial charge in [-0.3, -0.25) is 4.79 Å². The maximum Gasteiger partial charge on any atom is 0.220 e. The van der Waals surface area contributed by atoms with Gasteiger partial charge in [0.15, 0.2) is 6.29 Å². The maximum absolute atomic E-state index is 13.1. The minimum atomic E-state index is -1.58. The number of carbonyl (C=O) groups is 1. The maximum atomic E-state index is 13.1. The summed E-state index contributed by atoms with van der Waals surface area (Å²) in [6, 6.07) is -0.841. The van der Waals surface area contributed by atoms with E-state index in [9.17, 15) is 30.3 Å². The van der Waals surface area contributed by atoms with Crippen LogP contribution >= 0.6 is 0 Å². The Morgan fingerprint density at radius 1 is 0.393 bits per heavy atom. The van der Waals surface area contributed by atoms with E-state index in [4.69, 9.17) is 9.47 Å². The zero-order valence-electron chi connectivity index (χ0n) is 56.6. The average Bonchev–Trinajstić information content (AvgIpc) is 2.59. The van der Waals surface area contributed by atoms with Crippen molar-refractivity contribution in [3.63, 3.8) is 0 Å². The second-order valence-corrected chi connectivity index (χ2v) is 24.3. The number of unbranched alkanes of at least 4 members (excludes halogenated alkanes) is 27. The number of nitrogens with one attached hydrogen (secondary N) is 1. The van der Waals surface area contributed by atoms with E-state index >= 15 is 0 Å². The highest BCUT2D eigenvalue weighted by Crippen LogP contribution is 2.23. The van der Waals surface area contributed by atoms with Gasteiger partial charge in [0.2, 0.25) is 5.91 Å². The Morgan fingerprint density at radius 2 is 0.708 bits per heavy atom. The second kappa shape index (κ2) is 66.7. The molecule has 0 bridgehead atoms. The average molecular weight is 1240 g/mol. The van der Waals surface area contributed by atoms with E-state index in [1.165, 1.54) is 141 Å². The summed E-state index contributed by atoms with van der Waals surface area (Å²) in [6.45, 7) is 3.66. The molecule has 1 heterocycles. The molecule has 6 N–H and O–H groups in total. The SMILES string of the molecule is CC/C=C\C/C=C\C/C=C\C/C=C\C/C=C\C/C=C\C/C=C\C/C=C\C/C=C\C/C=C\C/C=C\CCCCCCCCCC(=O)NC(COC1OC(CO)C(O)C(O)C1O)C(O)/C=C/CC/C=C/CCCCCCCCCCCCCCCCCCCCC. The lowest BCUT2D eigenvalue weighted by Gasteiger charge is -2.40. The highest BCUT2D eigenvalue weighted by Gasteiger charge is 2.44. The summed E-state index contributed by atoms with van der Waals surface area (Å²) in [5.41, 5.74) is 0. The van der Waals surface area contributed by atoms with Crippen LogP contribution in [-0.2, 0) is 14.3 Å². The minimum absolute atomic E-state index is 0.202. The van der Waals surface area contributed by atoms with Crippen molar-refractivity contribution in [3.05, 3.63) is 158 Å². The Kier molecular flexibility index (Phi) is 62.1. The van der Waals surface area contributed by atoms with Crippen molar-refractivity contribution >= 4 is 5.91 Å². The number of hydrogen-bond donors (Lipinski definition) is 6. The number of allylic oxidation sites excluding steroid dienone is 25. The molecule has 9 heteroatoms. The second-order valence-electron chi connectivity index (χ2n) is 24.3. The lowest BCUT2D eigenvalue weighted by atomic mass is 9.99. The molecule has 1 aliphatic rings. The van der Waals surface area contributed by atoms with Crippen LogP contribution in [0.1, 0.15) is 284 Å². The van der Waals surface area contributed by atoms with Gasteiger partial charge in [-0.1, -0.05) is 320 Å². The van der Waals surface area contributed by atoms with Crippen LogP contribution in [0.15, 0.2) is 158 Å². The Bertz CT molecular complexity index is 1970. The number of aliphatic hydroxyl groups is 5. The third-order valence-corrected chi connectivity index (χ3v) is 16.1. The minimum Gasteiger partial charge on any atom is -0.394 e. The predicted octanol–water partition coefficient (Wildman–Crippen LogP) is 20.3. The molecule has 1 amide bonds. The quantitative estimate of drug-likeness (QED) is 0.0261. The van der Waals surface area contributed by atoms with Crippen molar-refractivity contribution in [2.75, 3.05) is 13.2 Å². The standard InChI is InChI=1S/C80H133NO8/c1-3-5-7-9-11-13-15-17-19-21-23-25-27-29-30-31-32-33-34-35-36-37-38-39-40-41-42-43-44-46-48-50-52-54-56-58-60-62-64-66-68-70-76(84)81-73(72-88-80-79(87)78(86)77(85)75(71-82)89-80)74(83)69-67-65-63-61-59-57-55-53-51-49-47-45-28-26-24-22-20-18-16-14-12-10-8-6-4-2/h5,7,11,13,17,19,23,25,29-30,32-33,35-36,38-39,41-42,44,46,50,52,59,61,67,69,73-75,77-80,82-83,85-87H,3-4,6,8-10,12,14-16,18,20-22,24,26-28,31,34,37,40,43,45,47-49,51,53-58,60,62-66,68,70-72H2,1-2H3,(H,81,84)/b7-5-,13-11-,19-17-,25-23-,30-29-,33-32-,36-35-,39-38-,42-41-,46-44-,52-50-,61-59+,69-67+. The first-order valence-electron chi connectivity index (χ1n) is 36.2. The normalized spacial score (nSPS) is 18.8. The molecule has 0 aromatic rings. The van der Waals surface area contributed by atoms with Crippen LogP contribution in [0.2, 0.25) is 0 Å². The van der Waals surface area contributed by atoms with Gasteiger partial charge in [-0.2, -0.15) is 0 Å². The molecule has 89 heavy (non-hydrogen) atoms. The van der Waals surface area contributed by atoms with E-state index in [2.05, 4.69) is 165 Å². The summed E-state index contributed by atoms with van der Waals surface area (Å²) in [5.74, 6) is -0.202. The highest BCUT2D eigenvalue weighted by molar-refractivity contribution is 5.76. The van der Waals surface area contributed by atoms with Crippen LogP contribution in [0.4, 0.5) is 0 Å². The molecule has 0 radical (unpaired) electrons. The van der Waals surface area contributed by atoms with Gasteiger partial charge in [-0.15, -0.1) is 0 Å². The van der Waals surface area contributed by atoms with E-state index in [1.54, 1.807) is 6.08 Å². The van der Waals surface area contributed by atoms with Gasteiger partial charge in [-0.25, -0.2) is 0 Å². The number of hydrogen-bond acceptors (Lipinski definition) is 8. The molecule has 7 unspecified atom stereocenters. The molecule has 1 saturated heterocycles. The van der Waals surface area contributed by atoms with Gasteiger partial charge in [0.05, 0.1) is 25.4 Å². The Morgan fingerprint density at radius 3 is 1.08 bits per heavy atom. The molecule has 1 aliphatic heterocycles. The van der Waals surface area contributed by atoms with Crippen LogP contribution < -0.4 is 5.32 Å². The zero-order valence-corrected chi connectivity index (χ0v) is 56.6. The topological polar surface area (TPSA) is 149 Å². The third-order valence-electron chi connectivity index (χ3n) is 16.1. The summed E-state index contributed by atoms with van der Waals surface area (Å²) in [7, 11) is 0. The molecule has 9 nitrogen and oxygen atoms in total. The van der Waals surface area contributed by atoms with Crippen LogP contribution in [0, 0.1) is 0 Å². The number of rotatable bonds is 61. The molecule has 0 aromatic carbocycles. The smallest absolute Gasteiger partial charge is 0.220 e. The van der Waals surface area contributed by atoms with Gasteiger partial charge in [0, 0.05) is 6.42 Å². The lowest BCUT2D eigenvalue weighted by molar-refractivity contribution is -0.302. The van der Waals surface area contributed by atoms with Crippen LogP contribution in [-0.4, -0.2) is 87.5 Å². The summed E-state index contributed by atoms with van der Waals surface area (Å²) >= 11 is 0. The summed E-state index contributed by atoms with van der Waals surface area (Å²) in [6.07, 6.45) is 97.7. The van der Waals surface area contributed by atoms with Crippen molar-refractivity contribution < 1.29 is 39.8 Å². The first-order valence-corrected chi connectivity index (χ1v) is 36.2. The van der Waals surface area contributed by atoms with Gasteiger partial charge in [-0.05, 0) is 116 Å². The van der Waals surface area contributed by atoms with Crippen LogP contribution in [0.5, 0.6) is 0 Å². The third kappa shape index (κ3) is 55.2. The molecule has 0 aliphatic carbocycles. The van der Waals surface area contributed by atoms with Crippen molar-refractivity contribution in [2.45, 2.75) is 326 Å². The Balaban J connectivity index is 2.18. The molecule has 0 aromatic heterocycles. The predicted molar refractivity (Wildman–Crippen MR) is 382 cm³/mol. The molecular weight excluding hydrogens is 1100 g/mol. The van der Waals surface area contributed by atoms with Gasteiger partial charge in [0.1, 0.15) is 24.4 Å². The van der Waals surface area contributed by atoms with E-state index in [1.807, 2.05) is 6.08 Å². The van der Waals surface area contributed by atoms with E-state index < -0.39 is 49.5 Å². The monoisotopic (exact) mass is 1240 g/mol. The first-order chi connectivity index (χ1) is 43.8. The van der Waals surface area contributed by atoms with Crippen molar-refractivity contribution in [1.29, 1.82) is 0 Å². The van der Waals surface area contributed by atoms with Crippen molar-refractivity contribution in [2.24, 2.45) is 0 Å². The summed E-state index contributed by atoms with van der Waals surface area (Å²) < 4.78 is 11.3. The van der Waals surface area contributed by atoms with Gasteiger partial charge < -0.3 is 40.3 Å². The van der Waals surface area contributed by atoms with Crippen molar-refractivity contribution in [1.82, 2.24) is 5.32 Å². The lowest BCUT2D eigenvalue weighted by Crippen LogP contribution is -2.60. The zero-order chi connectivity index (χ0) is 64.2. The number of carbonyl (C=O) groups excluding carboxylic acids is 1. The van der Waals surface area contributed by atoms with Crippen LogP contribution in [0.3, 0.4) is 0 Å². The molecule has 506 valence electrons. The largest absolute Gasteiger partial charge is 0.394 e. The van der Waals surface area contributed by atoms with E-state index in [0.717, 1.165) is 122 Å². The van der Waals surface area contributed by atoms with Crippen LogP contribution in [0.25, 0.3) is 0 Å². The molecule has 0 spiro atoms. The van der Waals surface area contributed by atoms with Crippen molar-refractivity contribution in [3.8, 4) is 0 Å². The molecule has 1 rings (SSSR count). The Hall–Kier alpha value is -4.19. The number of amides is 1. The van der Waals surface area contributed by atoms with E-state index in [0.29, 0.717) is 6.42 Å². The molecular formula is C80H133NO8. The fourth-order valence-electron chi connectivity index (χ4n) is 10.5. The summed E-state index contributed by atoms with van der Waals surface area (Å²) in [4.78, 5) is 13.1. The van der Waals surface area contributed by atoms with Gasteiger partial charge >= 0.3 is 0 Å². The fraction of sp³-hybridized carbons (Fsp3) is 0.662. The molecule has 0 saturated carbocycles. The Labute approximate surface area is 546 Å². The first kappa shape index (κ1) is 82.8. The molecule has 1 fully saturated rings. The van der Waals surface area contributed by atoms with E-state index in [-0.39, 0.29) is 12.5 Å². The fourth-order valence-corrected chi connectivity index (χ4v) is 10.5. The highest BCUT2D eigenvalue weighted by atomic mass is 16.7. The summed E-state index contributed by atoms with van der Waals surface area (Å²) in [5, 5.41) is 54.7. The number of ether oxygens (including phenoxy) is 2. The number of aliphatic hydroxyl groups excluding tert-OH is 5. The van der Waals surface area contributed by atoms with Gasteiger partial charge in [0.25, 0.3) is 0 Å².